The molecule has 0 aliphatic carbocycles. The zero-order valence-electron chi connectivity index (χ0n) is 16.2. The largest absolute Gasteiger partial charge is 0.373 e. The number of nitrogens with zero attached hydrogens (tertiary/aromatic N) is 3. The average Bonchev–Trinajstić information content (AvgIpc) is 3.09. The summed E-state index contributed by atoms with van der Waals surface area (Å²) in [4.78, 5) is 9.72. The normalized spacial score (nSPS) is 25.2. The number of likely N-dealkylation sites (N-methyl/N-ethyl adjacent to an activating group) is 1. The number of hydrogen-bond acceptors (Lipinski definition) is 4. The van der Waals surface area contributed by atoms with Crippen LogP contribution in [0.2, 0.25) is 0 Å². The van der Waals surface area contributed by atoms with Crippen molar-refractivity contribution in [3.8, 4) is 0 Å². The first-order chi connectivity index (χ1) is 12.7. The van der Waals surface area contributed by atoms with E-state index in [1.807, 2.05) is 6.92 Å². The van der Waals surface area contributed by atoms with Gasteiger partial charge in [0.15, 0.2) is 0 Å². The standard InChI is InChI=1S/C22H31N3O/c1-3-24-10-12-25(13-11-24)16-21-8-7-20(26-21)15-18-5-9-22-19(14-18)6-4-17(2)23-22/h4-6,9,14,20-21H,3,7-8,10-13,15-16H2,1-2H3/t20-,21+/m0/s1. The molecule has 0 radical (unpaired) electrons. The number of hydrogen-bond donors (Lipinski definition) is 0. The van der Waals surface area contributed by atoms with Crippen LogP contribution in [0.25, 0.3) is 10.9 Å². The van der Waals surface area contributed by atoms with Gasteiger partial charge < -0.3 is 9.64 Å². The third kappa shape index (κ3) is 4.25. The van der Waals surface area contributed by atoms with Crippen LogP contribution < -0.4 is 0 Å². The van der Waals surface area contributed by atoms with Crippen molar-refractivity contribution in [2.45, 2.75) is 45.3 Å². The number of benzene rings is 1. The fraction of sp³-hybridized carbons (Fsp3) is 0.591. The van der Waals surface area contributed by atoms with Gasteiger partial charge in [0.25, 0.3) is 0 Å². The summed E-state index contributed by atoms with van der Waals surface area (Å²) in [6.45, 7) is 11.4. The van der Waals surface area contributed by atoms with Crippen LogP contribution in [0, 0.1) is 6.92 Å². The lowest BCUT2D eigenvalue weighted by Crippen LogP contribution is -2.48. The Morgan fingerprint density at radius 1 is 1.00 bits per heavy atom. The topological polar surface area (TPSA) is 28.6 Å². The molecule has 0 saturated carbocycles. The molecule has 2 aliphatic heterocycles. The van der Waals surface area contributed by atoms with Crippen molar-refractivity contribution in [2.24, 2.45) is 0 Å². The SMILES string of the molecule is CCN1CCN(C[C@H]2CC[C@@H](Cc3ccc4nc(C)ccc4c3)O2)CC1. The lowest BCUT2D eigenvalue weighted by Gasteiger charge is -2.35. The molecule has 4 nitrogen and oxygen atoms in total. The van der Waals surface area contributed by atoms with Gasteiger partial charge in [-0.3, -0.25) is 9.88 Å². The molecule has 2 saturated heterocycles. The van der Waals surface area contributed by atoms with E-state index < -0.39 is 0 Å². The van der Waals surface area contributed by atoms with E-state index in [2.05, 4.69) is 52.0 Å². The molecule has 1 aromatic carbocycles. The van der Waals surface area contributed by atoms with E-state index in [1.54, 1.807) is 0 Å². The highest BCUT2D eigenvalue weighted by molar-refractivity contribution is 5.79. The van der Waals surface area contributed by atoms with Gasteiger partial charge in [0.2, 0.25) is 0 Å². The van der Waals surface area contributed by atoms with Crippen LogP contribution in [0.1, 0.15) is 31.0 Å². The Morgan fingerprint density at radius 3 is 2.58 bits per heavy atom. The smallest absolute Gasteiger partial charge is 0.0706 e. The molecule has 4 heteroatoms. The molecule has 2 fully saturated rings. The van der Waals surface area contributed by atoms with E-state index in [4.69, 9.17) is 4.74 Å². The molecular formula is C22H31N3O. The highest BCUT2D eigenvalue weighted by Crippen LogP contribution is 2.25. The van der Waals surface area contributed by atoms with Crippen LogP contribution in [0.4, 0.5) is 0 Å². The highest BCUT2D eigenvalue weighted by Gasteiger charge is 2.28. The zero-order chi connectivity index (χ0) is 17.9. The van der Waals surface area contributed by atoms with E-state index in [0.717, 1.165) is 24.2 Å². The van der Waals surface area contributed by atoms with Crippen LogP contribution in [-0.2, 0) is 11.2 Å². The summed E-state index contributed by atoms with van der Waals surface area (Å²) in [6.07, 6.45) is 4.19. The first-order valence-electron chi connectivity index (χ1n) is 10.2. The first-order valence-corrected chi connectivity index (χ1v) is 10.2. The van der Waals surface area contributed by atoms with E-state index >= 15 is 0 Å². The Hall–Kier alpha value is -1.49. The van der Waals surface area contributed by atoms with Crippen molar-refractivity contribution in [3.63, 3.8) is 0 Å². The monoisotopic (exact) mass is 353 g/mol. The van der Waals surface area contributed by atoms with E-state index in [-0.39, 0.29) is 0 Å². The lowest BCUT2D eigenvalue weighted by atomic mass is 10.0. The van der Waals surface area contributed by atoms with Crippen LogP contribution >= 0.6 is 0 Å². The molecule has 4 rings (SSSR count). The maximum absolute atomic E-state index is 6.38. The first kappa shape index (κ1) is 17.9. The predicted octanol–water partition coefficient (Wildman–Crippen LogP) is 3.27. The third-order valence-corrected chi connectivity index (χ3v) is 5.93. The summed E-state index contributed by atoms with van der Waals surface area (Å²) in [5.74, 6) is 0. The number of ether oxygens (including phenoxy) is 1. The molecular weight excluding hydrogens is 322 g/mol. The highest BCUT2D eigenvalue weighted by atomic mass is 16.5. The molecule has 140 valence electrons. The minimum atomic E-state index is 0.368. The van der Waals surface area contributed by atoms with Gasteiger partial charge >= 0.3 is 0 Å². The molecule has 0 unspecified atom stereocenters. The second-order valence-electron chi connectivity index (χ2n) is 7.88. The van der Waals surface area contributed by atoms with Gasteiger partial charge in [-0.1, -0.05) is 19.1 Å². The van der Waals surface area contributed by atoms with E-state index in [9.17, 15) is 0 Å². The summed E-state index contributed by atoms with van der Waals surface area (Å²) in [6, 6.07) is 10.9. The minimum Gasteiger partial charge on any atom is -0.373 e. The summed E-state index contributed by atoms with van der Waals surface area (Å²) in [5.41, 5.74) is 3.53. The number of aromatic nitrogens is 1. The maximum Gasteiger partial charge on any atom is 0.0706 e. The summed E-state index contributed by atoms with van der Waals surface area (Å²) < 4.78 is 6.38. The Bertz CT molecular complexity index is 739. The number of fused-ring (bicyclic) bond motifs is 1. The van der Waals surface area contributed by atoms with Crippen LogP contribution in [0.15, 0.2) is 30.3 Å². The van der Waals surface area contributed by atoms with E-state index in [0.29, 0.717) is 12.2 Å². The Morgan fingerprint density at radius 2 is 1.77 bits per heavy atom. The molecule has 0 N–H and O–H groups in total. The fourth-order valence-corrected chi connectivity index (χ4v) is 4.31. The van der Waals surface area contributed by atoms with Crippen molar-refractivity contribution < 1.29 is 4.74 Å². The quantitative estimate of drug-likeness (QED) is 0.825. The number of rotatable bonds is 5. The molecule has 1 aromatic heterocycles. The van der Waals surface area contributed by atoms with Gasteiger partial charge in [0, 0.05) is 43.8 Å². The van der Waals surface area contributed by atoms with Crippen molar-refractivity contribution in [2.75, 3.05) is 39.3 Å². The Kier molecular flexibility index (Phi) is 5.53. The number of pyridine rings is 1. The maximum atomic E-state index is 6.38. The van der Waals surface area contributed by atoms with Crippen molar-refractivity contribution in [1.82, 2.24) is 14.8 Å². The summed E-state index contributed by atoms with van der Waals surface area (Å²) in [7, 11) is 0. The number of piperazine rings is 1. The van der Waals surface area contributed by atoms with Gasteiger partial charge in [-0.25, -0.2) is 0 Å². The Balaban J connectivity index is 1.29. The molecule has 0 amide bonds. The molecule has 2 aliphatic rings. The Labute approximate surface area is 157 Å². The minimum absolute atomic E-state index is 0.368. The third-order valence-electron chi connectivity index (χ3n) is 5.93. The van der Waals surface area contributed by atoms with Gasteiger partial charge in [0.1, 0.15) is 0 Å². The van der Waals surface area contributed by atoms with Gasteiger partial charge in [0.05, 0.1) is 17.7 Å². The van der Waals surface area contributed by atoms with E-state index in [1.165, 1.54) is 56.5 Å². The number of aryl methyl sites for hydroxylation is 1. The van der Waals surface area contributed by atoms with Crippen LogP contribution in [-0.4, -0.2) is 66.3 Å². The fourth-order valence-electron chi connectivity index (χ4n) is 4.31. The molecule has 0 spiro atoms. The van der Waals surface area contributed by atoms with Gasteiger partial charge in [-0.15, -0.1) is 0 Å². The molecule has 2 atom stereocenters. The van der Waals surface area contributed by atoms with Crippen LogP contribution in [0.3, 0.4) is 0 Å². The molecule has 3 heterocycles. The summed E-state index contributed by atoms with van der Waals surface area (Å²) in [5, 5.41) is 1.23. The molecule has 2 aromatic rings. The second kappa shape index (κ2) is 8.03. The zero-order valence-corrected chi connectivity index (χ0v) is 16.2. The van der Waals surface area contributed by atoms with Crippen LogP contribution in [0.5, 0.6) is 0 Å². The lowest BCUT2D eigenvalue weighted by molar-refractivity contribution is 0.0130. The molecule has 0 bridgehead atoms. The van der Waals surface area contributed by atoms with Crippen molar-refractivity contribution >= 4 is 10.9 Å². The van der Waals surface area contributed by atoms with Gasteiger partial charge in [-0.2, -0.15) is 0 Å². The summed E-state index contributed by atoms with van der Waals surface area (Å²) >= 11 is 0. The second-order valence-corrected chi connectivity index (χ2v) is 7.88. The van der Waals surface area contributed by atoms with Crippen molar-refractivity contribution in [3.05, 3.63) is 41.6 Å². The average molecular weight is 354 g/mol. The van der Waals surface area contributed by atoms with Gasteiger partial charge in [-0.05, 0) is 56.5 Å². The van der Waals surface area contributed by atoms with Crippen molar-refractivity contribution in [1.29, 1.82) is 0 Å². The molecule has 26 heavy (non-hydrogen) atoms. The predicted molar refractivity (Wildman–Crippen MR) is 107 cm³/mol.